The van der Waals surface area contributed by atoms with Crippen LogP contribution in [0.2, 0.25) is 0 Å². The van der Waals surface area contributed by atoms with Crippen LogP contribution in [0.4, 0.5) is 22.7 Å². The van der Waals surface area contributed by atoms with E-state index in [0.717, 1.165) is 24.3 Å². The summed E-state index contributed by atoms with van der Waals surface area (Å²) in [6.45, 7) is 3.11. The molecule has 0 aliphatic heterocycles. The van der Waals surface area contributed by atoms with Gasteiger partial charge in [0.25, 0.3) is 32.1 Å². The number of aryl methyl sites for hydroxylation is 2. The number of carbonyl (C=O) groups is 4. The van der Waals surface area contributed by atoms with E-state index in [1.807, 2.05) is 0 Å². The highest BCUT2D eigenvalue weighted by atomic mass is 32.2. The second-order valence-electron chi connectivity index (χ2n) is 12.5. The molecule has 18 heteroatoms. The molecule has 0 aliphatic carbocycles. The lowest BCUT2D eigenvalue weighted by molar-refractivity contribution is -0.133. The highest BCUT2D eigenvalue weighted by Gasteiger charge is 2.21. The first-order valence-corrected chi connectivity index (χ1v) is 19.1. The van der Waals surface area contributed by atoms with Gasteiger partial charge < -0.3 is 31.5 Å². The van der Waals surface area contributed by atoms with Crippen molar-refractivity contribution in [3.8, 4) is 11.5 Å². The number of phenols is 2. The smallest absolute Gasteiger partial charge is 0.314 e. The van der Waals surface area contributed by atoms with Crippen LogP contribution >= 0.6 is 0 Å². The molecule has 0 saturated carbocycles. The van der Waals surface area contributed by atoms with Gasteiger partial charge in [-0.15, -0.1) is 0 Å². The van der Waals surface area contributed by atoms with E-state index < -0.39 is 53.7 Å². The van der Waals surface area contributed by atoms with Crippen molar-refractivity contribution in [2.75, 3.05) is 21.3 Å². The molecule has 6 aromatic rings. The van der Waals surface area contributed by atoms with Crippen molar-refractivity contribution in [3.63, 3.8) is 0 Å². The molecule has 0 heterocycles. The topological polar surface area (TPSA) is 266 Å². The summed E-state index contributed by atoms with van der Waals surface area (Å²) in [7, 11) is -9.33. The summed E-state index contributed by atoms with van der Waals surface area (Å²) in [4.78, 5) is 51.2. The maximum atomic E-state index is 13.2. The number of phenolic OH excluding ortho intramolecular Hbond substituents is 2. The molecule has 4 amide bonds. The molecule has 6 aromatic carbocycles. The molecule has 6 rings (SSSR count). The summed E-state index contributed by atoms with van der Waals surface area (Å²) in [5.41, 5.74) is 1.06. The van der Waals surface area contributed by atoms with Crippen LogP contribution < -0.4 is 21.3 Å². The largest absolute Gasteiger partial charge is 0.507 e. The first-order chi connectivity index (χ1) is 26.3. The van der Waals surface area contributed by atoms with Crippen molar-refractivity contribution in [1.82, 2.24) is 0 Å². The first kappa shape index (κ1) is 38.9. The van der Waals surface area contributed by atoms with Crippen LogP contribution in [0, 0.1) is 13.8 Å². The van der Waals surface area contributed by atoms with Gasteiger partial charge in [-0.25, -0.2) is 0 Å². The van der Waals surface area contributed by atoms with Gasteiger partial charge in [-0.3, -0.25) is 28.3 Å². The summed E-state index contributed by atoms with van der Waals surface area (Å²) in [6.07, 6.45) is 0. The van der Waals surface area contributed by atoms with Crippen molar-refractivity contribution >= 4 is 88.2 Å². The Morgan fingerprint density at radius 1 is 0.482 bits per heavy atom. The Hall–Kier alpha value is -6.86. The van der Waals surface area contributed by atoms with Crippen molar-refractivity contribution in [2.45, 2.75) is 23.6 Å². The molecular weight excluding hydrogens is 769 g/mol. The quantitative estimate of drug-likeness (QED) is 0.0691. The summed E-state index contributed by atoms with van der Waals surface area (Å²) < 4.78 is 66.6. The van der Waals surface area contributed by atoms with Gasteiger partial charge in [0.05, 0.1) is 21.2 Å². The first-order valence-electron chi connectivity index (χ1n) is 16.2. The molecular formula is C38H30N4O12S2. The van der Waals surface area contributed by atoms with E-state index in [2.05, 4.69) is 21.3 Å². The Labute approximate surface area is 318 Å². The van der Waals surface area contributed by atoms with Gasteiger partial charge in [0, 0.05) is 33.3 Å². The number of rotatable bonds is 8. The minimum absolute atomic E-state index is 0.0710. The Morgan fingerprint density at radius 3 is 1.20 bits per heavy atom. The number of carbonyl (C=O) groups excluding carboxylic acids is 4. The van der Waals surface area contributed by atoms with Crippen molar-refractivity contribution < 1.29 is 55.3 Å². The van der Waals surface area contributed by atoms with E-state index in [1.165, 1.54) is 72.8 Å². The predicted molar refractivity (Wildman–Crippen MR) is 206 cm³/mol. The number of fused-ring (bicyclic) bond motifs is 2. The third-order valence-corrected chi connectivity index (χ3v) is 10.3. The number of hydrogen-bond donors (Lipinski definition) is 8. The molecule has 16 nitrogen and oxygen atoms in total. The van der Waals surface area contributed by atoms with Crippen LogP contribution in [0.1, 0.15) is 31.8 Å². The van der Waals surface area contributed by atoms with E-state index >= 15 is 0 Å². The van der Waals surface area contributed by atoms with Gasteiger partial charge in [-0.1, -0.05) is 24.3 Å². The number of amides is 4. The monoisotopic (exact) mass is 798 g/mol. The van der Waals surface area contributed by atoms with Gasteiger partial charge in [0.1, 0.15) is 11.5 Å². The predicted octanol–water partition coefficient (Wildman–Crippen LogP) is 5.60. The summed E-state index contributed by atoms with van der Waals surface area (Å²) in [5.74, 6) is -4.07. The van der Waals surface area contributed by atoms with Gasteiger partial charge in [-0.2, -0.15) is 16.8 Å². The highest BCUT2D eigenvalue weighted by molar-refractivity contribution is 7.86. The van der Waals surface area contributed by atoms with Crippen LogP contribution in [0.25, 0.3) is 21.5 Å². The number of hydrogen-bond acceptors (Lipinski definition) is 10. The number of nitrogens with one attached hydrogen (secondary N) is 4. The summed E-state index contributed by atoms with van der Waals surface area (Å²) in [5, 5.41) is 31.6. The van der Waals surface area contributed by atoms with Crippen LogP contribution in [0.5, 0.6) is 11.5 Å². The molecule has 8 N–H and O–H groups in total. The SMILES string of the molecule is Cc1cc(C(=O)Nc2cc(S(=O)(=O)O)cc3cccc(O)c23)ccc1NC(=O)C(=O)Nc1ccc(C(=O)Nc2cc(S(=O)(=O)O)cc3cccc(O)c23)cc1C. The minimum atomic E-state index is -4.66. The third kappa shape index (κ3) is 8.12. The van der Waals surface area contributed by atoms with Crippen LogP contribution in [0.3, 0.4) is 0 Å². The number of benzene rings is 6. The molecule has 0 fully saturated rings. The van der Waals surface area contributed by atoms with E-state index in [1.54, 1.807) is 13.8 Å². The fraction of sp³-hybridized carbons (Fsp3) is 0.0526. The lowest BCUT2D eigenvalue weighted by Gasteiger charge is -2.14. The van der Waals surface area contributed by atoms with Crippen LogP contribution in [-0.2, 0) is 29.8 Å². The molecule has 0 aromatic heterocycles. The van der Waals surface area contributed by atoms with E-state index in [9.17, 15) is 55.3 Å². The van der Waals surface area contributed by atoms with Crippen LogP contribution in [-0.4, -0.2) is 59.8 Å². The summed E-state index contributed by atoms with van der Waals surface area (Å²) in [6, 6.07) is 21.1. The second-order valence-corrected chi connectivity index (χ2v) is 15.4. The average Bonchev–Trinajstić information content (AvgIpc) is 3.12. The Bertz CT molecular complexity index is 2700. The number of aromatic hydroxyl groups is 2. The maximum absolute atomic E-state index is 13.2. The summed E-state index contributed by atoms with van der Waals surface area (Å²) >= 11 is 0. The van der Waals surface area contributed by atoms with Crippen molar-refractivity contribution in [1.29, 1.82) is 0 Å². The fourth-order valence-corrected chi connectivity index (χ4v) is 6.98. The van der Waals surface area contributed by atoms with E-state index in [-0.39, 0.29) is 66.9 Å². The van der Waals surface area contributed by atoms with Gasteiger partial charge in [-0.05, 0) is 109 Å². The van der Waals surface area contributed by atoms with Crippen molar-refractivity contribution in [2.24, 2.45) is 0 Å². The van der Waals surface area contributed by atoms with E-state index in [4.69, 9.17) is 0 Å². The standard InChI is InChI=1S/C38H30N4O12S2/c1-19-13-23(35(45)41-29-17-25(55(49,50)51)15-21-5-3-7-31(43)33(21)29)9-11-27(19)39-37(47)38(48)40-28-12-10-24(14-20(28)2)36(46)42-30-18-26(56(52,53)54)16-22-6-4-8-32(44)34(22)30/h3-18,43-44H,1-2H3,(H,39,47)(H,40,48)(H,41,45)(H,42,46)(H,49,50,51)(H,52,53,54). The average molecular weight is 799 g/mol. The molecule has 56 heavy (non-hydrogen) atoms. The molecule has 0 unspecified atom stereocenters. The van der Waals surface area contributed by atoms with Crippen LogP contribution in [0.15, 0.2) is 107 Å². The Kier molecular flexibility index (Phi) is 10.2. The zero-order valence-electron chi connectivity index (χ0n) is 29.1. The van der Waals surface area contributed by atoms with Gasteiger partial charge in [0.15, 0.2) is 0 Å². The van der Waals surface area contributed by atoms with Gasteiger partial charge in [0.2, 0.25) is 0 Å². The molecule has 0 atom stereocenters. The molecule has 0 radical (unpaired) electrons. The Balaban J connectivity index is 1.13. The Morgan fingerprint density at radius 2 is 0.857 bits per heavy atom. The molecule has 0 bridgehead atoms. The lowest BCUT2D eigenvalue weighted by Crippen LogP contribution is -2.29. The maximum Gasteiger partial charge on any atom is 0.314 e. The molecule has 0 spiro atoms. The second kappa shape index (κ2) is 14.8. The molecule has 0 saturated heterocycles. The normalized spacial score (nSPS) is 11.6. The molecule has 0 aliphatic rings. The third-order valence-electron chi connectivity index (χ3n) is 8.63. The zero-order chi connectivity index (χ0) is 40.7. The highest BCUT2D eigenvalue weighted by Crippen LogP contribution is 2.36. The number of anilines is 4. The van der Waals surface area contributed by atoms with E-state index in [0.29, 0.717) is 11.1 Å². The lowest BCUT2D eigenvalue weighted by atomic mass is 10.1. The van der Waals surface area contributed by atoms with Gasteiger partial charge >= 0.3 is 11.8 Å². The zero-order valence-corrected chi connectivity index (χ0v) is 30.7. The van der Waals surface area contributed by atoms with Crippen molar-refractivity contribution in [3.05, 3.63) is 119 Å². The molecule has 286 valence electrons. The minimum Gasteiger partial charge on any atom is -0.507 e. The fourth-order valence-electron chi connectivity index (χ4n) is 5.89.